The van der Waals surface area contributed by atoms with Crippen LogP contribution >= 0.6 is 0 Å². The Balaban J connectivity index is 1.48. The topological polar surface area (TPSA) is 58.4 Å². The summed E-state index contributed by atoms with van der Waals surface area (Å²) in [5.41, 5.74) is 2.48. The van der Waals surface area contributed by atoms with Crippen LogP contribution in [0.4, 0.5) is 4.39 Å². The molecular formula is C25H28FN3O2. The number of ketones is 1. The van der Waals surface area contributed by atoms with E-state index in [0.717, 1.165) is 36.5 Å². The predicted molar refractivity (Wildman–Crippen MR) is 117 cm³/mol. The van der Waals surface area contributed by atoms with E-state index in [2.05, 4.69) is 21.4 Å². The summed E-state index contributed by atoms with van der Waals surface area (Å²) in [4.78, 5) is 19.4. The summed E-state index contributed by atoms with van der Waals surface area (Å²) < 4.78 is 15.4. The second-order valence-electron chi connectivity index (χ2n) is 8.33. The molecule has 0 spiro atoms. The molecule has 0 unspecified atom stereocenters. The maximum atomic E-state index is 13.3. The molecule has 0 bridgehead atoms. The van der Waals surface area contributed by atoms with Gasteiger partial charge in [0.15, 0.2) is 5.78 Å². The van der Waals surface area contributed by atoms with E-state index < -0.39 is 12.0 Å². The van der Waals surface area contributed by atoms with Crippen molar-refractivity contribution in [3.63, 3.8) is 0 Å². The Morgan fingerprint density at radius 1 is 1.13 bits per heavy atom. The lowest BCUT2D eigenvalue weighted by atomic mass is 9.70. The van der Waals surface area contributed by atoms with E-state index in [0.29, 0.717) is 12.8 Å². The average molecular weight is 422 g/mol. The minimum atomic E-state index is -0.617. The fourth-order valence-electron chi connectivity index (χ4n) is 4.66. The molecule has 5 nitrogen and oxygen atoms in total. The molecule has 1 N–H and O–H groups in total. The molecule has 0 saturated carbocycles. The molecule has 1 saturated heterocycles. The lowest BCUT2D eigenvalue weighted by Gasteiger charge is -2.41. The van der Waals surface area contributed by atoms with Crippen molar-refractivity contribution in [1.82, 2.24) is 14.5 Å². The Morgan fingerprint density at radius 2 is 1.81 bits per heavy atom. The van der Waals surface area contributed by atoms with Crippen LogP contribution in [-0.4, -0.2) is 45.0 Å². The monoisotopic (exact) mass is 421 g/mol. The standard InChI is InChI=1S/C25H28FN3O2/c1-19(20-7-9-22(26)10-8-20)29-18-27-15-23(29)16-28-13-11-25(12-14-28,24(31)17-30)21-5-3-2-4-6-21/h2-10,15,18-19,30H,11-14,16-17H2,1H3/t19-/m1/s1. The summed E-state index contributed by atoms with van der Waals surface area (Å²) in [5.74, 6) is -0.345. The van der Waals surface area contributed by atoms with Gasteiger partial charge in [0.25, 0.3) is 0 Å². The third-order valence-electron chi connectivity index (χ3n) is 6.61. The number of Topliss-reactive ketones (excluding diaryl/α,β-unsaturated/α-hetero) is 1. The fourth-order valence-corrected chi connectivity index (χ4v) is 4.66. The number of likely N-dealkylation sites (tertiary alicyclic amines) is 1. The van der Waals surface area contributed by atoms with Crippen molar-refractivity contribution >= 4 is 5.78 Å². The number of hydrogen-bond acceptors (Lipinski definition) is 4. The van der Waals surface area contributed by atoms with Gasteiger partial charge < -0.3 is 9.67 Å². The van der Waals surface area contributed by atoms with E-state index in [1.165, 1.54) is 12.1 Å². The summed E-state index contributed by atoms with van der Waals surface area (Å²) >= 11 is 0. The molecule has 1 aromatic heterocycles. The predicted octanol–water partition coefficient (Wildman–Crippen LogP) is 3.73. The number of benzene rings is 2. The second kappa shape index (κ2) is 9.12. The van der Waals surface area contributed by atoms with E-state index in [1.807, 2.05) is 42.9 Å². The number of aliphatic hydroxyl groups excluding tert-OH is 1. The molecule has 2 heterocycles. The van der Waals surface area contributed by atoms with Crippen LogP contribution in [0.1, 0.15) is 42.6 Å². The first-order valence-electron chi connectivity index (χ1n) is 10.7. The first-order valence-corrected chi connectivity index (χ1v) is 10.7. The Bertz CT molecular complexity index is 1010. The van der Waals surface area contributed by atoms with E-state index in [-0.39, 0.29) is 17.6 Å². The summed E-state index contributed by atoms with van der Waals surface area (Å²) in [5, 5.41) is 9.61. The largest absolute Gasteiger partial charge is 0.389 e. The maximum Gasteiger partial charge on any atom is 0.168 e. The van der Waals surface area contributed by atoms with Crippen LogP contribution < -0.4 is 0 Å². The van der Waals surface area contributed by atoms with E-state index in [1.54, 1.807) is 12.1 Å². The molecule has 1 fully saturated rings. The molecule has 2 aromatic carbocycles. The highest BCUT2D eigenvalue weighted by molar-refractivity contribution is 5.91. The molecule has 0 amide bonds. The smallest absolute Gasteiger partial charge is 0.168 e. The summed E-state index contributed by atoms with van der Waals surface area (Å²) in [6, 6.07) is 16.4. The first kappa shape index (κ1) is 21.4. The van der Waals surface area contributed by atoms with Crippen molar-refractivity contribution in [3.05, 3.63) is 89.8 Å². The quantitative estimate of drug-likeness (QED) is 0.632. The van der Waals surface area contributed by atoms with Crippen molar-refractivity contribution in [2.45, 2.75) is 37.8 Å². The normalized spacial score (nSPS) is 17.4. The first-order chi connectivity index (χ1) is 15.0. The number of rotatable bonds is 7. The highest BCUT2D eigenvalue weighted by atomic mass is 19.1. The van der Waals surface area contributed by atoms with Crippen molar-refractivity contribution in [2.75, 3.05) is 19.7 Å². The average Bonchev–Trinajstić information content (AvgIpc) is 3.28. The third kappa shape index (κ3) is 4.31. The molecule has 4 rings (SSSR count). The zero-order valence-corrected chi connectivity index (χ0v) is 17.7. The van der Waals surface area contributed by atoms with Gasteiger partial charge in [-0.1, -0.05) is 42.5 Å². The van der Waals surface area contributed by atoms with Crippen LogP contribution in [0.2, 0.25) is 0 Å². The number of aliphatic hydroxyl groups is 1. The van der Waals surface area contributed by atoms with Crippen LogP contribution in [0.15, 0.2) is 67.1 Å². The molecule has 31 heavy (non-hydrogen) atoms. The number of nitrogens with zero attached hydrogens (tertiary/aromatic N) is 3. The SMILES string of the molecule is C[C@H](c1ccc(F)cc1)n1cncc1CN1CCC(C(=O)CO)(c2ccccc2)CC1. The van der Waals surface area contributed by atoms with Crippen molar-refractivity contribution in [1.29, 1.82) is 0 Å². The van der Waals surface area contributed by atoms with Gasteiger partial charge in [-0.25, -0.2) is 9.37 Å². The number of imidazole rings is 1. The van der Waals surface area contributed by atoms with E-state index in [4.69, 9.17) is 0 Å². The summed E-state index contributed by atoms with van der Waals surface area (Å²) in [6.45, 7) is 3.89. The van der Waals surface area contributed by atoms with Crippen LogP contribution in [0.3, 0.4) is 0 Å². The van der Waals surface area contributed by atoms with Gasteiger partial charge in [-0.2, -0.15) is 0 Å². The highest BCUT2D eigenvalue weighted by Gasteiger charge is 2.42. The van der Waals surface area contributed by atoms with Crippen molar-refractivity contribution < 1.29 is 14.3 Å². The van der Waals surface area contributed by atoms with Gasteiger partial charge in [0, 0.05) is 12.7 Å². The van der Waals surface area contributed by atoms with Gasteiger partial charge >= 0.3 is 0 Å². The van der Waals surface area contributed by atoms with Gasteiger partial charge in [-0.3, -0.25) is 9.69 Å². The molecule has 3 aromatic rings. The van der Waals surface area contributed by atoms with Crippen LogP contribution in [-0.2, 0) is 16.8 Å². The maximum absolute atomic E-state index is 13.3. The lowest BCUT2D eigenvalue weighted by Crippen LogP contribution is -2.48. The number of piperidine rings is 1. The summed E-state index contributed by atoms with van der Waals surface area (Å²) in [6.07, 6.45) is 5.05. The third-order valence-corrected chi connectivity index (χ3v) is 6.61. The Labute approximate surface area is 182 Å². The fraction of sp³-hybridized carbons (Fsp3) is 0.360. The molecular weight excluding hydrogens is 393 g/mol. The van der Waals surface area contributed by atoms with Crippen molar-refractivity contribution in [2.24, 2.45) is 0 Å². The second-order valence-corrected chi connectivity index (χ2v) is 8.33. The van der Waals surface area contributed by atoms with Gasteiger partial charge in [-0.05, 0) is 56.1 Å². The number of carbonyl (C=O) groups excluding carboxylic acids is 1. The molecule has 1 atom stereocenters. The molecule has 6 heteroatoms. The minimum Gasteiger partial charge on any atom is -0.389 e. The van der Waals surface area contributed by atoms with Crippen LogP contribution in [0, 0.1) is 5.82 Å². The van der Waals surface area contributed by atoms with E-state index in [9.17, 15) is 14.3 Å². The Kier molecular flexibility index (Phi) is 6.30. The van der Waals surface area contributed by atoms with Gasteiger partial charge in [-0.15, -0.1) is 0 Å². The van der Waals surface area contributed by atoms with Gasteiger partial charge in [0.2, 0.25) is 0 Å². The van der Waals surface area contributed by atoms with Crippen LogP contribution in [0.25, 0.3) is 0 Å². The zero-order valence-electron chi connectivity index (χ0n) is 17.7. The summed E-state index contributed by atoms with van der Waals surface area (Å²) in [7, 11) is 0. The van der Waals surface area contributed by atoms with Crippen molar-refractivity contribution in [3.8, 4) is 0 Å². The highest BCUT2D eigenvalue weighted by Crippen LogP contribution is 2.37. The molecule has 1 aliphatic rings. The molecule has 0 aliphatic carbocycles. The van der Waals surface area contributed by atoms with E-state index >= 15 is 0 Å². The lowest BCUT2D eigenvalue weighted by molar-refractivity contribution is -0.129. The van der Waals surface area contributed by atoms with Crippen LogP contribution in [0.5, 0.6) is 0 Å². The molecule has 1 aliphatic heterocycles. The van der Waals surface area contributed by atoms with Gasteiger partial charge in [0.05, 0.1) is 23.5 Å². The van der Waals surface area contributed by atoms with Gasteiger partial charge in [0.1, 0.15) is 12.4 Å². The molecule has 162 valence electrons. The Hall–Kier alpha value is -2.83. The number of carbonyl (C=O) groups is 1. The number of hydrogen-bond donors (Lipinski definition) is 1. The Morgan fingerprint density at radius 3 is 2.45 bits per heavy atom. The zero-order chi connectivity index (χ0) is 21.8. The number of halogens is 1. The minimum absolute atomic E-state index is 0.0438. The number of aromatic nitrogens is 2. The molecule has 0 radical (unpaired) electrons.